The molecular weight excluding hydrogens is 431 g/mol. The minimum absolute atomic E-state index is 0.0137. The Labute approximate surface area is 199 Å². The first-order valence-electron chi connectivity index (χ1n) is 12.8. The van der Waals surface area contributed by atoms with Crippen molar-refractivity contribution in [2.75, 3.05) is 13.3 Å². The molecular formula is C26H33FN6O. The molecule has 1 saturated heterocycles. The molecule has 4 heterocycles. The molecule has 6 rings (SSSR count). The molecule has 0 N–H and O–H groups in total. The molecule has 2 atom stereocenters. The Balaban J connectivity index is 1.32. The second-order valence-corrected chi connectivity index (χ2v) is 10.5. The number of aryl methyl sites for hydroxylation is 2. The van der Waals surface area contributed by atoms with Crippen LogP contribution in [-0.4, -0.2) is 43.0 Å². The topological polar surface area (TPSA) is 78.6 Å². The van der Waals surface area contributed by atoms with Gasteiger partial charge in [-0.2, -0.15) is 5.10 Å². The summed E-state index contributed by atoms with van der Waals surface area (Å²) < 4.78 is 21.5. The molecule has 0 unspecified atom stereocenters. The van der Waals surface area contributed by atoms with E-state index < -0.39 is 0 Å². The molecule has 0 amide bonds. The number of nitrogens with zero attached hydrogens (tertiary/aromatic N) is 6. The van der Waals surface area contributed by atoms with E-state index in [4.69, 9.17) is 24.7 Å². The molecule has 1 aliphatic heterocycles. The molecule has 3 fully saturated rings. The summed E-state index contributed by atoms with van der Waals surface area (Å²) in [5, 5.41) is 4.56. The van der Waals surface area contributed by atoms with E-state index in [1.165, 1.54) is 12.8 Å². The Hall–Kier alpha value is -2.48. The summed E-state index contributed by atoms with van der Waals surface area (Å²) in [5.41, 5.74) is 5.50. The first-order valence-corrected chi connectivity index (χ1v) is 12.8. The van der Waals surface area contributed by atoms with Gasteiger partial charge in [0.1, 0.15) is 11.3 Å². The average Bonchev–Trinajstić information content (AvgIpc) is 3.60. The number of alkyl halides is 1. The van der Waals surface area contributed by atoms with E-state index in [9.17, 15) is 4.39 Å². The van der Waals surface area contributed by atoms with Crippen molar-refractivity contribution < 1.29 is 9.13 Å². The average molecular weight is 465 g/mol. The molecule has 0 spiro atoms. The monoisotopic (exact) mass is 464 g/mol. The van der Waals surface area contributed by atoms with Gasteiger partial charge in [-0.25, -0.2) is 19.9 Å². The first-order chi connectivity index (χ1) is 16.6. The van der Waals surface area contributed by atoms with Crippen LogP contribution in [0.5, 0.6) is 0 Å². The molecule has 0 bridgehead atoms. The molecule has 7 nitrogen and oxygen atoms in total. The standard InChI is InChI=1S/C26H33FN6O/c1-15-16(2)30-26-24(29-15)23(18-5-3-17(12-27)4-6-18)31-25(32-26)19-9-10-34-22(11-19)20-13-28-33(14-20)21-7-8-21/h13-14,17-19,21-22H,3-12H2,1-2H3/t17?,18?,19-,22-/m1/s1. The summed E-state index contributed by atoms with van der Waals surface area (Å²) in [6.07, 6.45) is 12.0. The zero-order valence-electron chi connectivity index (χ0n) is 20.1. The lowest BCUT2D eigenvalue weighted by Gasteiger charge is -2.30. The van der Waals surface area contributed by atoms with Crippen molar-refractivity contribution in [2.24, 2.45) is 5.92 Å². The molecule has 180 valence electrons. The van der Waals surface area contributed by atoms with Crippen LogP contribution in [0.1, 0.15) is 104 Å². The van der Waals surface area contributed by atoms with Gasteiger partial charge in [0.2, 0.25) is 0 Å². The van der Waals surface area contributed by atoms with Crippen molar-refractivity contribution >= 4 is 11.2 Å². The lowest BCUT2D eigenvalue weighted by molar-refractivity contribution is 0.00390. The zero-order chi connectivity index (χ0) is 23.2. The molecule has 2 aliphatic carbocycles. The summed E-state index contributed by atoms with van der Waals surface area (Å²) in [7, 11) is 0. The fourth-order valence-electron chi connectivity index (χ4n) is 5.53. The largest absolute Gasteiger partial charge is 0.373 e. The highest BCUT2D eigenvalue weighted by Crippen LogP contribution is 2.41. The number of rotatable bonds is 5. The van der Waals surface area contributed by atoms with Gasteiger partial charge >= 0.3 is 0 Å². The van der Waals surface area contributed by atoms with Gasteiger partial charge in [-0.05, 0) is 71.1 Å². The van der Waals surface area contributed by atoms with E-state index >= 15 is 0 Å². The molecule has 0 aromatic carbocycles. The van der Waals surface area contributed by atoms with Gasteiger partial charge in [0.15, 0.2) is 5.65 Å². The predicted molar refractivity (Wildman–Crippen MR) is 126 cm³/mol. The normalized spacial score (nSPS) is 27.9. The van der Waals surface area contributed by atoms with E-state index in [2.05, 4.69) is 16.0 Å². The Morgan fingerprint density at radius 1 is 0.941 bits per heavy atom. The molecule has 0 radical (unpaired) electrons. The third-order valence-electron chi connectivity index (χ3n) is 8.00. The molecule has 34 heavy (non-hydrogen) atoms. The Kier molecular flexibility index (Phi) is 5.79. The maximum atomic E-state index is 13.2. The van der Waals surface area contributed by atoms with E-state index in [0.717, 1.165) is 72.5 Å². The SMILES string of the molecule is Cc1nc2nc([C@@H]3CCO[C@@H](c4cnn(C5CC5)c4)C3)nc(C3CCC(CF)CC3)c2nc1C. The van der Waals surface area contributed by atoms with Gasteiger partial charge in [0.25, 0.3) is 0 Å². The van der Waals surface area contributed by atoms with Crippen molar-refractivity contribution in [2.45, 2.75) is 89.2 Å². The van der Waals surface area contributed by atoms with Gasteiger partial charge in [0.05, 0.1) is 42.1 Å². The Morgan fingerprint density at radius 2 is 1.74 bits per heavy atom. The maximum Gasteiger partial charge on any atom is 0.182 e. The van der Waals surface area contributed by atoms with E-state index in [-0.39, 0.29) is 30.5 Å². The van der Waals surface area contributed by atoms with Gasteiger partial charge < -0.3 is 4.74 Å². The number of hydrogen-bond acceptors (Lipinski definition) is 6. The van der Waals surface area contributed by atoms with Gasteiger partial charge in [-0.3, -0.25) is 9.07 Å². The first kappa shape index (κ1) is 22.0. The molecule has 3 aromatic heterocycles. The second-order valence-electron chi connectivity index (χ2n) is 10.5. The van der Waals surface area contributed by atoms with E-state index in [1.807, 2.05) is 20.0 Å². The van der Waals surface area contributed by atoms with Gasteiger partial charge in [-0.1, -0.05) is 0 Å². The second kappa shape index (κ2) is 8.95. The van der Waals surface area contributed by atoms with Crippen LogP contribution in [0.2, 0.25) is 0 Å². The van der Waals surface area contributed by atoms with Crippen LogP contribution >= 0.6 is 0 Å². The van der Waals surface area contributed by atoms with Gasteiger partial charge in [0, 0.05) is 30.2 Å². The number of fused-ring (bicyclic) bond motifs is 1. The van der Waals surface area contributed by atoms with Crippen LogP contribution < -0.4 is 0 Å². The minimum atomic E-state index is -0.221. The van der Waals surface area contributed by atoms with Crippen molar-refractivity contribution in [3.05, 3.63) is 40.9 Å². The minimum Gasteiger partial charge on any atom is -0.373 e. The molecule has 3 aliphatic rings. The van der Waals surface area contributed by atoms with Crippen LogP contribution in [0.15, 0.2) is 12.4 Å². The van der Waals surface area contributed by atoms with E-state index in [1.54, 1.807) is 0 Å². The highest BCUT2D eigenvalue weighted by molar-refractivity contribution is 5.73. The molecule has 3 aromatic rings. The third-order valence-corrected chi connectivity index (χ3v) is 8.00. The zero-order valence-corrected chi connectivity index (χ0v) is 20.1. The van der Waals surface area contributed by atoms with Crippen molar-refractivity contribution in [1.29, 1.82) is 0 Å². The van der Waals surface area contributed by atoms with E-state index in [0.29, 0.717) is 18.3 Å². The van der Waals surface area contributed by atoms with Crippen LogP contribution in [-0.2, 0) is 4.74 Å². The fraction of sp³-hybridized carbons (Fsp3) is 0.654. The number of hydrogen-bond donors (Lipinski definition) is 0. The molecule has 8 heteroatoms. The lowest BCUT2D eigenvalue weighted by Crippen LogP contribution is -2.22. The smallest absolute Gasteiger partial charge is 0.182 e. The summed E-state index contributed by atoms with van der Waals surface area (Å²) in [6.45, 7) is 4.43. The van der Waals surface area contributed by atoms with Crippen LogP contribution in [0.25, 0.3) is 11.2 Å². The third kappa shape index (κ3) is 4.21. The predicted octanol–water partition coefficient (Wildman–Crippen LogP) is 5.45. The summed E-state index contributed by atoms with van der Waals surface area (Å²) in [6, 6.07) is 0.567. The highest BCUT2D eigenvalue weighted by Gasteiger charge is 2.32. The van der Waals surface area contributed by atoms with Crippen LogP contribution in [0, 0.1) is 19.8 Å². The summed E-state index contributed by atoms with van der Waals surface area (Å²) in [5.74, 6) is 1.54. The summed E-state index contributed by atoms with van der Waals surface area (Å²) >= 11 is 0. The molecule has 2 saturated carbocycles. The van der Waals surface area contributed by atoms with Crippen LogP contribution in [0.4, 0.5) is 4.39 Å². The van der Waals surface area contributed by atoms with Crippen LogP contribution in [0.3, 0.4) is 0 Å². The fourth-order valence-corrected chi connectivity index (χ4v) is 5.53. The quantitative estimate of drug-likeness (QED) is 0.500. The highest BCUT2D eigenvalue weighted by atomic mass is 19.1. The Bertz CT molecular complexity index is 1180. The lowest BCUT2D eigenvalue weighted by atomic mass is 9.80. The maximum absolute atomic E-state index is 13.2. The van der Waals surface area contributed by atoms with Crippen molar-refractivity contribution in [3.8, 4) is 0 Å². The van der Waals surface area contributed by atoms with Crippen molar-refractivity contribution in [1.82, 2.24) is 29.7 Å². The number of halogens is 1. The number of aromatic nitrogens is 6. The Morgan fingerprint density at radius 3 is 2.50 bits per heavy atom. The number of ether oxygens (including phenoxy) is 1. The van der Waals surface area contributed by atoms with Crippen molar-refractivity contribution in [3.63, 3.8) is 0 Å². The van der Waals surface area contributed by atoms with Gasteiger partial charge in [-0.15, -0.1) is 0 Å². The summed E-state index contributed by atoms with van der Waals surface area (Å²) in [4.78, 5) is 19.8.